The molecule has 3 aromatic rings. The Kier molecular flexibility index (Phi) is 7.62. The van der Waals surface area contributed by atoms with Crippen molar-refractivity contribution in [3.05, 3.63) is 63.6 Å². The van der Waals surface area contributed by atoms with Crippen molar-refractivity contribution in [3.8, 4) is 5.75 Å². The number of aryl methyl sites for hydroxylation is 2. The third-order valence-electron chi connectivity index (χ3n) is 5.21. The number of fused-ring (bicyclic) bond motifs is 1. The Bertz CT molecular complexity index is 1300. The van der Waals surface area contributed by atoms with Crippen molar-refractivity contribution in [2.45, 2.75) is 26.7 Å². The summed E-state index contributed by atoms with van der Waals surface area (Å²) in [7, 11) is 2.64. The monoisotopic (exact) mass is 465 g/mol. The van der Waals surface area contributed by atoms with Crippen molar-refractivity contribution in [2.75, 3.05) is 26.1 Å². The van der Waals surface area contributed by atoms with E-state index in [0.29, 0.717) is 29.1 Å². The van der Waals surface area contributed by atoms with Crippen LogP contribution in [0.3, 0.4) is 0 Å². The maximum atomic E-state index is 13.2. The summed E-state index contributed by atoms with van der Waals surface area (Å²) in [6.07, 6.45) is 0. The van der Waals surface area contributed by atoms with E-state index >= 15 is 0 Å². The molecule has 0 aliphatic heterocycles. The number of carbonyl (C=O) groups excluding carboxylic acids is 2. The molecule has 0 unspecified atom stereocenters. The van der Waals surface area contributed by atoms with Gasteiger partial charge in [-0.15, -0.1) is 0 Å². The average molecular weight is 466 g/mol. The first-order valence-electron chi connectivity index (χ1n) is 10.7. The van der Waals surface area contributed by atoms with Crippen LogP contribution in [0.25, 0.3) is 11.0 Å². The number of aromatic amines is 1. The summed E-state index contributed by atoms with van der Waals surface area (Å²) >= 11 is 0. The normalized spacial score (nSPS) is 12.2. The summed E-state index contributed by atoms with van der Waals surface area (Å²) in [6, 6.07) is 10.3. The average Bonchev–Trinajstić information content (AvgIpc) is 2.81. The van der Waals surface area contributed by atoms with Crippen molar-refractivity contribution in [2.24, 2.45) is 5.10 Å². The van der Waals surface area contributed by atoms with E-state index in [9.17, 15) is 14.4 Å². The largest absolute Gasteiger partial charge is 0.494 e. The smallest absolute Gasteiger partial charge is 0.321 e. The SMILES string of the molecule is CCOc1ccc(NC(=O)/C(=N/NC)[C@@H](C(=O)OC)c2nc3cc(C)c(C)cc3[nH]c2=O)cc1. The number of methoxy groups -OCH3 is 1. The molecular formula is C24H27N5O5. The number of H-pyrrole nitrogens is 1. The first-order valence-corrected chi connectivity index (χ1v) is 10.7. The molecule has 2 aromatic carbocycles. The van der Waals surface area contributed by atoms with Gasteiger partial charge in [0.1, 0.15) is 17.2 Å². The Morgan fingerprint density at radius 1 is 1.15 bits per heavy atom. The number of nitrogens with one attached hydrogen (secondary N) is 3. The molecule has 3 rings (SSSR count). The van der Waals surface area contributed by atoms with E-state index in [1.54, 1.807) is 36.4 Å². The number of aromatic nitrogens is 2. The molecule has 1 amide bonds. The van der Waals surface area contributed by atoms with E-state index in [4.69, 9.17) is 9.47 Å². The molecule has 0 spiro atoms. The topological polar surface area (TPSA) is 135 Å². The van der Waals surface area contributed by atoms with Gasteiger partial charge in [0, 0.05) is 12.7 Å². The molecule has 0 bridgehead atoms. The summed E-state index contributed by atoms with van der Waals surface area (Å²) in [5, 5.41) is 6.69. The zero-order chi connectivity index (χ0) is 24.8. The van der Waals surface area contributed by atoms with Gasteiger partial charge in [-0.3, -0.25) is 14.4 Å². The standard InChI is InChI=1S/C24H27N5O5/c1-6-34-16-9-7-15(8-10-16)26-23(31)21(29-25-4)19(24(32)33-5)20-22(30)28-18-12-14(3)13(2)11-17(18)27-20/h7-12,19,25H,6H2,1-5H3,(H,26,31)(H,28,30)/b29-21+/t19-/m0/s1. The zero-order valence-electron chi connectivity index (χ0n) is 19.7. The lowest BCUT2D eigenvalue weighted by molar-refractivity contribution is -0.141. The summed E-state index contributed by atoms with van der Waals surface area (Å²) in [6.45, 7) is 6.21. The number of amides is 1. The molecule has 0 radical (unpaired) electrons. The van der Waals surface area contributed by atoms with Crippen molar-refractivity contribution in [1.82, 2.24) is 15.4 Å². The molecule has 0 saturated heterocycles. The third-order valence-corrected chi connectivity index (χ3v) is 5.21. The summed E-state index contributed by atoms with van der Waals surface area (Å²) < 4.78 is 10.3. The van der Waals surface area contributed by atoms with Gasteiger partial charge < -0.3 is 25.2 Å². The molecule has 0 aliphatic rings. The van der Waals surface area contributed by atoms with Crippen LogP contribution in [-0.2, 0) is 14.3 Å². The number of hydrazone groups is 1. The number of nitrogens with zero attached hydrogens (tertiary/aromatic N) is 2. The van der Waals surface area contributed by atoms with Crippen LogP contribution in [0.2, 0.25) is 0 Å². The number of hydrogen-bond donors (Lipinski definition) is 3. The molecule has 1 aromatic heterocycles. The predicted octanol–water partition coefficient (Wildman–Crippen LogP) is 2.41. The van der Waals surface area contributed by atoms with E-state index < -0.39 is 23.4 Å². The molecule has 1 atom stereocenters. The summed E-state index contributed by atoms with van der Waals surface area (Å²) in [4.78, 5) is 46.0. The summed E-state index contributed by atoms with van der Waals surface area (Å²) in [5.41, 5.74) is 4.82. The van der Waals surface area contributed by atoms with Crippen LogP contribution in [0.4, 0.5) is 5.69 Å². The van der Waals surface area contributed by atoms with Crippen LogP contribution in [0, 0.1) is 13.8 Å². The van der Waals surface area contributed by atoms with E-state index in [-0.39, 0.29) is 11.4 Å². The lowest BCUT2D eigenvalue weighted by Gasteiger charge is -2.17. The van der Waals surface area contributed by atoms with Gasteiger partial charge in [0.05, 0.1) is 24.8 Å². The first-order chi connectivity index (χ1) is 16.3. The number of esters is 1. The van der Waals surface area contributed by atoms with Crippen molar-refractivity contribution in [3.63, 3.8) is 0 Å². The van der Waals surface area contributed by atoms with Crippen LogP contribution in [0.15, 0.2) is 46.3 Å². The number of benzene rings is 2. The summed E-state index contributed by atoms with van der Waals surface area (Å²) in [5.74, 6) is -2.36. The highest BCUT2D eigenvalue weighted by molar-refractivity contribution is 6.47. The third kappa shape index (κ3) is 5.22. The second-order valence-electron chi connectivity index (χ2n) is 7.49. The lowest BCUT2D eigenvalue weighted by Crippen LogP contribution is -2.38. The second kappa shape index (κ2) is 10.6. The van der Waals surface area contributed by atoms with Crippen molar-refractivity contribution in [1.29, 1.82) is 0 Å². The fourth-order valence-corrected chi connectivity index (χ4v) is 3.39. The highest BCUT2D eigenvalue weighted by Crippen LogP contribution is 2.21. The predicted molar refractivity (Wildman–Crippen MR) is 129 cm³/mol. The fraction of sp³-hybridized carbons (Fsp3) is 0.292. The van der Waals surface area contributed by atoms with Crippen molar-refractivity contribution >= 4 is 34.3 Å². The molecule has 10 nitrogen and oxygen atoms in total. The highest BCUT2D eigenvalue weighted by atomic mass is 16.5. The number of anilines is 1. The van der Waals surface area contributed by atoms with Gasteiger partial charge in [0.2, 0.25) is 0 Å². The number of ether oxygens (including phenoxy) is 2. The van der Waals surface area contributed by atoms with Crippen LogP contribution in [0.1, 0.15) is 29.7 Å². The quantitative estimate of drug-likeness (QED) is 0.264. The van der Waals surface area contributed by atoms with Gasteiger partial charge >= 0.3 is 5.97 Å². The molecule has 0 fully saturated rings. The van der Waals surface area contributed by atoms with Crippen LogP contribution >= 0.6 is 0 Å². The van der Waals surface area contributed by atoms with Gasteiger partial charge in [-0.1, -0.05) is 0 Å². The number of hydrogen-bond acceptors (Lipinski definition) is 8. The maximum absolute atomic E-state index is 13.2. The maximum Gasteiger partial charge on any atom is 0.321 e. The van der Waals surface area contributed by atoms with Crippen LogP contribution < -0.4 is 21.0 Å². The first kappa shape index (κ1) is 24.4. The lowest BCUT2D eigenvalue weighted by atomic mass is 9.98. The van der Waals surface area contributed by atoms with Gasteiger partial charge in [-0.05, 0) is 68.3 Å². The van der Waals surface area contributed by atoms with Gasteiger partial charge in [0.15, 0.2) is 5.92 Å². The Morgan fingerprint density at radius 2 is 1.82 bits per heavy atom. The van der Waals surface area contributed by atoms with Crippen LogP contribution in [-0.4, -0.2) is 48.3 Å². The highest BCUT2D eigenvalue weighted by Gasteiger charge is 2.36. The molecule has 0 saturated carbocycles. The Balaban J connectivity index is 2.05. The molecule has 10 heteroatoms. The van der Waals surface area contributed by atoms with Gasteiger partial charge in [0.25, 0.3) is 11.5 Å². The zero-order valence-corrected chi connectivity index (χ0v) is 19.7. The molecule has 1 heterocycles. The van der Waals surface area contributed by atoms with Gasteiger partial charge in [-0.25, -0.2) is 4.98 Å². The second-order valence-corrected chi connectivity index (χ2v) is 7.49. The fourth-order valence-electron chi connectivity index (χ4n) is 3.39. The minimum Gasteiger partial charge on any atom is -0.494 e. The van der Waals surface area contributed by atoms with Gasteiger partial charge in [-0.2, -0.15) is 5.10 Å². The molecule has 34 heavy (non-hydrogen) atoms. The molecule has 178 valence electrons. The number of rotatable bonds is 8. The minimum absolute atomic E-state index is 0.196. The van der Waals surface area contributed by atoms with E-state index in [0.717, 1.165) is 11.1 Å². The minimum atomic E-state index is -1.46. The molecular weight excluding hydrogens is 438 g/mol. The molecule has 3 N–H and O–H groups in total. The van der Waals surface area contributed by atoms with E-state index in [1.807, 2.05) is 20.8 Å². The Hall–Kier alpha value is -4.21. The van der Waals surface area contributed by atoms with Crippen molar-refractivity contribution < 1.29 is 19.1 Å². The number of carbonyl (C=O) groups is 2. The van der Waals surface area contributed by atoms with Crippen LogP contribution in [0.5, 0.6) is 5.75 Å². The Labute approximate surface area is 196 Å². The van der Waals surface area contributed by atoms with E-state index in [2.05, 4.69) is 25.8 Å². The van der Waals surface area contributed by atoms with E-state index in [1.165, 1.54) is 14.2 Å². The molecule has 0 aliphatic carbocycles. The Morgan fingerprint density at radius 3 is 2.44 bits per heavy atom.